The lowest BCUT2D eigenvalue weighted by molar-refractivity contribution is 0.244. The molecular weight excluding hydrogens is 214 g/mol. The van der Waals surface area contributed by atoms with Gasteiger partial charge in [0.05, 0.1) is 36.4 Å². The van der Waals surface area contributed by atoms with Crippen LogP contribution in [-0.2, 0) is 0 Å². The van der Waals surface area contributed by atoms with Gasteiger partial charge in [0, 0.05) is 13.1 Å². The number of aromatic nitrogens is 1. The molecule has 2 rings (SSSR count). The molecule has 2 atom stereocenters. The molecule has 2 unspecified atom stereocenters. The molecule has 1 aliphatic rings. The third-order valence-corrected chi connectivity index (χ3v) is 3.51. The Balaban J connectivity index is 2.18. The second-order valence-corrected chi connectivity index (χ2v) is 4.67. The van der Waals surface area contributed by atoms with Crippen molar-refractivity contribution in [3.63, 3.8) is 0 Å². The summed E-state index contributed by atoms with van der Waals surface area (Å²) in [6.07, 6.45) is 4.85. The third-order valence-electron chi connectivity index (χ3n) is 3.51. The summed E-state index contributed by atoms with van der Waals surface area (Å²) in [7, 11) is 0. The molecule has 2 heterocycles. The fourth-order valence-corrected chi connectivity index (χ4v) is 2.49. The highest BCUT2D eigenvalue weighted by Gasteiger charge is 2.30. The normalized spacial score (nSPS) is 24.1. The maximum atomic E-state index is 9.46. The topological polar surface area (TPSA) is 48.4 Å². The minimum Gasteiger partial charge on any atom is -0.394 e. The van der Waals surface area contributed by atoms with Gasteiger partial charge >= 0.3 is 0 Å². The first-order chi connectivity index (χ1) is 8.26. The van der Waals surface area contributed by atoms with Crippen molar-refractivity contribution >= 4 is 11.4 Å². The van der Waals surface area contributed by atoms with Gasteiger partial charge in [0.15, 0.2) is 0 Å². The van der Waals surface area contributed by atoms with Gasteiger partial charge < -0.3 is 15.3 Å². The van der Waals surface area contributed by atoms with Crippen LogP contribution in [0.1, 0.15) is 20.3 Å². The first kappa shape index (κ1) is 12.2. The lowest BCUT2D eigenvalue weighted by Crippen LogP contribution is -2.35. The second-order valence-electron chi connectivity index (χ2n) is 4.67. The Morgan fingerprint density at radius 3 is 3.06 bits per heavy atom. The van der Waals surface area contributed by atoms with Crippen LogP contribution in [0.4, 0.5) is 11.4 Å². The SMILES string of the molecule is CCNc1cncc(N2CCC(C)C2CO)c1. The van der Waals surface area contributed by atoms with Crippen molar-refractivity contribution < 1.29 is 5.11 Å². The predicted molar refractivity (Wildman–Crippen MR) is 70.4 cm³/mol. The Hall–Kier alpha value is -1.29. The van der Waals surface area contributed by atoms with Gasteiger partial charge in [0.25, 0.3) is 0 Å². The number of aliphatic hydroxyl groups excluding tert-OH is 1. The van der Waals surface area contributed by atoms with E-state index in [1.54, 1.807) is 0 Å². The smallest absolute Gasteiger partial charge is 0.0637 e. The second kappa shape index (κ2) is 5.36. The van der Waals surface area contributed by atoms with Crippen LogP contribution in [0.5, 0.6) is 0 Å². The Morgan fingerprint density at radius 2 is 2.35 bits per heavy atom. The van der Waals surface area contributed by atoms with Crippen molar-refractivity contribution in [3.8, 4) is 0 Å². The van der Waals surface area contributed by atoms with Gasteiger partial charge in [-0.3, -0.25) is 4.98 Å². The van der Waals surface area contributed by atoms with Crippen LogP contribution < -0.4 is 10.2 Å². The molecule has 1 saturated heterocycles. The summed E-state index contributed by atoms with van der Waals surface area (Å²) in [6.45, 7) is 6.38. The van der Waals surface area contributed by atoms with E-state index in [0.717, 1.165) is 30.9 Å². The fourth-order valence-electron chi connectivity index (χ4n) is 2.49. The summed E-state index contributed by atoms with van der Waals surface area (Å²) >= 11 is 0. The molecule has 0 spiro atoms. The van der Waals surface area contributed by atoms with Crippen molar-refractivity contribution in [1.82, 2.24) is 4.98 Å². The Labute approximate surface area is 103 Å². The molecule has 4 heteroatoms. The fraction of sp³-hybridized carbons (Fsp3) is 0.615. The Bertz CT molecular complexity index is 369. The molecule has 0 aliphatic carbocycles. The number of hydrogen-bond donors (Lipinski definition) is 2. The van der Waals surface area contributed by atoms with Crippen molar-refractivity contribution in [2.75, 3.05) is 29.9 Å². The molecule has 0 bridgehead atoms. The predicted octanol–water partition coefficient (Wildman–Crippen LogP) is 1.72. The molecule has 4 nitrogen and oxygen atoms in total. The zero-order valence-electron chi connectivity index (χ0n) is 10.6. The van der Waals surface area contributed by atoms with Crippen LogP contribution in [0, 0.1) is 5.92 Å². The summed E-state index contributed by atoms with van der Waals surface area (Å²) in [5.41, 5.74) is 2.15. The number of pyridine rings is 1. The third kappa shape index (κ3) is 2.52. The van der Waals surface area contributed by atoms with E-state index in [2.05, 4.69) is 35.1 Å². The monoisotopic (exact) mass is 235 g/mol. The average molecular weight is 235 g/mol. The van der Waals surface area contributed by atoms with E-state index >= 15 is 0 Å². The van der Waals surface area contributed by atoms with Crippen LogP contribution in [0.25, 0.3) is 0 Å². The van der Waals surface area contributed by atoms with Crippen molar-refractivity contribution in [1.29, 1.82) is 0 Å². The maximum absolute atomic E-state index is 9.46. The van der Waals surface area contributed by atoms with Crippen LogP contribution in [-0.4, -0.2) is 35.8 Å². The molecule has 0 radical (unpaired) electrons. The molecule has 94 valence electrons. The largest absolute Gasteiger partial charge is 0.394 e. The molecule has 0 amide bonds. The van der Waals surface area contributed by atoms with Crippen molar-refractivity contribution in [2.24, 2.45) is 5.92 Å². The van der Waals surface area contributed by atoms with Crippen molar-refractivity contribution in [3.05, 3.63) is 18.5 Å². The molecule has 1 aliphatic heterocycles. The van der Waals surface area contributed by atoms with Crippen molar-refractivity contribution in [2.45, 2.75) is 26.3 Å². The van der Waals surface area contributed by atoms with Crippen LogP contribution in [0.2, 0.25) is 0 Å². The van der Waals surface area contributed by atoms with Gasteiger partial charge in [0.1, 0.15) is 0 Å². The summed E-state index contributed by atoms with van der Waals surface area (Å²) in [5.74, 6) is 0.544. The van der Waals surface area contributed by atoms with E-state index in [-0.39, 0.29) is 12.6 Å². The maximum Gasteiger partial charge on any atom is 0.0637 e. The quantitative estimate of drug-likeness (QED) is 0.834. The highest BCUT2D eigenvalue weighted by Crippen LogP contribution is 2.30. The highest BCUT2D eigenvalue weighted by molar-refractivity contribution is 5.56. The van der Waals surface area contributed by atoms with Gasteiger partial charge in [-0.1, -0.05) is 6.92 Å². The zero-order chi connectivity index (χ0) is 12.3. The lowest BCUT2D eigenvalue weighted by Gasteiger charge is -2.27. The standard InChI is InChI=1S/C13H21N3O/c1-3-15-11-6-12(8-14-7-11)16-5-4-10(2)13(16)9-17/h6-8,10,13,15,17H,3-5,9H2,1-2H3. The molecule has 2 N–H and O–H groups in total. The van der Waals surface area contributed by atoms with E-state index in [1.807, 2.05) is 12.4 Å². The summed E-state index contributed by atoms with van der Waals surface area (Å²) < 4.78 is 0. The molecule has 1 aromatic rings. The van der Waals surface area contributed by atoms with E-state index in [4.69, 9.17) is 0 Å². The van der Waals surface area contributed by atoms with E-state index < -0.39 is 0 Å². The van der Waals surface area contributed by atoms with Crippen LogP contribution in [0.15, 0.2) is 18.5 Å². The number of nitrogens with one attached hydrogen (secondary N) is 1. The molecular formula is C13H21N3O. The number of anilines is 2. The number of nitrogens with zero attached hydrogens (tertiary/aromatic N) is 2. The number of rotatable bonds is 4. The Morgan fingerprint density at radius 1 is 1.53 bits per heavy atom. The van der Waals surface area contributed by atoms with Crippen LogP contribution in [0.3, 0.4) is 0 Å². The Kier molecular flexibility index (Phi) is 3.84. The van der Waals surface area contributed by atoms with E-state index in [9.17, 15) is 5.11 Å². The first-order valence-electron chi connectivity index (χ1n) is 6.32. The minimum atomic E-state index is 0.215. The first-order valence-corrected chi connectivity index (χ1v) is 6.32. The number of hydrogen-bond acceptors (Lipinski definition) is 4. The van der Waals surface area contributed by atoms with Gasteiger partial charge in [0.2, 0.25) is 0 Å². The molecule has 0 aromatic carbocycles. The van der Waals surface area contributed by atoms with Gasteiger partial charge in [-0.05, 0) is 25.3 Å². The van der Waals surface area contributed by atoms with Gasteiger partial charge in [-0.2, -0.15) is 0 Å². The van der Waals surface area contributed by atoms with Gasteiger partial charge in [-0.15, -0.1) is 0 Å². The highest BCUT2D eigenvalue weighted by atomic mass is 16.3. The molecule has 1 fully saturated rings. The van der Waals surface area contributed by atoms with E-state index in [0.29, 0.717) is 5.92 Å². The van der Waals surface area contributed by atoms with E-state index in [1.165, 1.54) is 0 Å². The van der Waals surface area contributed by atoms with Crippen LogP contribution >= 0.6 is 0 Å². The zero-order valence-corrected chi connectivity index (χ0v) is 10.6. The minimum absolute atomic E-state index is 0.215. The molecule has 0 saturated carbocycles. The molecule has 17 heavy (non-hydrogen) atoms. The lowest BCUT2D eigenvalue weighted by atomic mass is 10.0. The summed E-state index contributed by atoms with van der Waals surface area (Å²) in [6, 6.07) is 2.34. The summed E-state index contributed by atoms with van der Waals surface area (Å²) in [4.78, 5) is 6.52. The number of aliphatic hydroxyl groups is 1. The molecule has 1 aromatic heterocycles. The van der Waals surface area contributed by atoms with Gasteiger partial charge in [-0.25, -0.2) is 0 Å². The summed E-state index contributed by atoms with van der Waals surface area (Å²) in [5, 5.41) is 12.7. The average Bonchev–Trinajstić information content (AvgIpc) is 2.71.